The van der Waals surface area contributed by atoms with Gasteiger partial charge in [0.1, 0.15) is 0 Å². The van der Waals surface area contributed by atoms with Crippen LogP contribution in [0.1, 0.15) is 24.6 Å². The SMILES string of the molecule is CCCc1cc(=O)[nH]c(Sc2ccc(/C(N)=N/O)cc2)n1. The van der Waals surface area contributed by atoms with E-state index in [1.807, 2.05) is 19.1 Å². The molecule has 0 fully saturated rings. The molecule has 0 spiro atoms. The van der Waals surface area contributed by atoms with E-state index in [2.05, 4.69) is 15.1 Å². The van der Waals surface area contributed by atoms with E-state index >= 15 is 0 Å². The van der Waals surface area contributed by atoms with Crippen LogP contribution in [0, 0.1) is 0 Å². The molecular formula is C14H16N4O2S. The molecule has 0 amide bonds. The minimum Gasteiger partial charge on any atom is -0.409 e. The molecule has 0 aliphatic heterocycles. The molecular weight excluding hydrogens is 288 g/mol. The van der Waals surface area contributed by atoms with Gasteiger partial charge in [-0.15, -0.1) is 0 Å². The highest BCUT2D eigenvalue weighted by Crippen LogP contribution is 2.24. The van der Waals surface area contributed by atoms with Crippen LogP contribution in [0.5, 0.6) is 0 Å². The number of aromatic amines is 1. The van der Waals surface area contributed by atoms with Gasteiger partial charge in [-0.25, -0.2) is 4.98 Å². The number of aromatic nitrogens is 2. The molecule has 21 heavy (non-hydrogen) atoms. The van der Waals surface area contributed by atoms with Gasteiger partial charge in [0.05, 0.1) is 0 Å². The normalized spacial score (nSPS) is 11.6. The molecule has 0 saturated carbocycles. The molecule has 0 aliphatic rings. The van der Waals surface area contributed by atoms with E-state index in [1.54, 1.807) is 12.1 Å². The number of hydrogen-bond acceptors (Lipinski definition) is 5. The maximum atomic E-state index is 11.6. The van der Waals surface area contributed by atoms with Crippen molar-refractivity contribution < 1.29 is 5.21 Å². The summed E-state index contributed by atoms with van der Waals surface area (Å²) in [5, 5.41) is 12.1. The highest BCUT2D eigenvalue weighted by molar-refractivity contribution is 7.99. The van der Waals surface area contributed by atoms with Crippen molar-refractivity contribution in [2.45, 2.75) is 29.8 Å². The van der Waals surface area contributed by atoms with Crippen molar-refractivity contribution in [1.82, 2.24) is 9.97 Å². The number of nitrogens with zero attached hydrogens (tertiary/aromatic N) is 2. The highest BCUT2D eigenvalue weighted by atomic mass is 32.2. The minimum absolute atomic E-state index is 0.0584. The maximum Gasteiger partial charge on any atom is 0.251 e. The third kappa shape index (κ3) is 4.09. The number of aryl methyl sites for hydroxylation is 1. The van der Waals surface area contributed by atoms with Crippen molar-refractivity contribution in [1.29, 1.82) is 0 Å². The number of rotatable bonds is 5. The summed E-state index contributed by atoms with van der Waals surface area (Å²) in [7, 11) is 0. The lowest BCUT2D eigenvalue weighted by Gasteiger charge is -2.04. The number of benzene rings is 1. The molecule has 0 atom stereocenters. The summed E-state index contributed by atoms with van der Waals surface area (Å²) in [5.74, 6) is 0.0584. The van der Waals surface area contributed by atoms with E-state index in [1.165, 1.54) is 17.8 Å². The Kier molecular flexibility index (Phi) is 4.99. The van der Waals surface area contributed by atoms with E-state index in [4.69, 9.17) is 10.9 Å². The van der Waals surface area contributed by atoms with Gasteiger partial charge in [-0.1, -0.05) is 42.4 Å². The molecule has 2 rings (SSSR count). The number of nitrogens with one attached hydrogen (secondary N) is 1. The first-order chi connectivity index (χ1) is 10.1. The fraction of sp³-hybridized carbons (Fsp3) is 0.214. The Balaban J connectivity index is 2.20. The first-order valence-electron chi connectivity index (χ1n) is 6.48. The molecule has 0 bridgehead atoms. The Morgan fingerprint density at radius 3 is 2.76 bits per heavy atom. The van der Waals surface area contributed by atoms with Gasteiger partial charge >= 0.3 is 0 Å². The molecule has 1 aromatic carbocycles. The largest absolute Gasteiger partial charge is 0.409 e. The lowest BCUT2D eigenvalue weighted by molar-refractivity contribution is 0.318. The molecule has 2 aromatic rings. The summed E-state index contributed by atoms with van der Waals surface area (Å²) >= 11 is 1.36. The summed E-state index contributed by atoms with van der Waals surface area (Å²) in [6, 6.07) is 8.65. The minimum atomic E-state index is -0.149. The second kappa shape index (κ2) is 6.94. The lowest BCUT2D eigenvalue weighted by Crippen LogP contribution is -2.12. The molecule has 1 heterocycles. The smallest absolute Gasteiger partial charge is 0.251 e. The molecule has 6 nitrogen and oxygen atoms in total. The van der Waals surface area contributed by atoms with E-state index in [0.29, 0.717) is 10.7 Å². The molecule has 110 valence electrons. The molecule has 4 N–H and O–H groups in total. The van der Waals surface area contributed by atoms with Gasteiger partial charge in [-0.2, -0.15) is 0 Å². The fourth-order valence-electron chi connectivity index (χ4n) is 1.78. The average Bonchev–Trinajstić information content (AvgIpc) is 2.47. The second-order valence-corrected chi connectivity index (χ2v) is 5.47. The van der Waals surface area contributed by atoms with Gasteiger partial charge in [0, 0.05) is 22.2 Å². The first kappa shape index (κ1) is 15.1. The molecule has 7 heteroatoms. The summed E-state index contributed by atoms with van der Waals surface area (Å²) < 4.78 is 0. The first-order valence-corrected chi connectivity index (χ1v) is 7.30. The molecule has 0 saturated heterocycles. The Morgan fingerprint density at radius 2 is 2.14 bits per heavy atom. The van der Waals surface area contributed by atoms with Crippen molar-refractivity contribution in [3.05, 3.63) is 51.9 Å². The summed E-state index contributed by atoms with van der Waals surface area (Å²) in [5.41, 5.74) is 6.77. The van der Waals surface area contributed by atoms with Crippen LogP contribution in [0.25, 0.3) is 0 Å². The zero-order valence-electron chi connectivity index (χ0n) is 11.5. The van der Waals surface area contributed by atoms with Gasteiger partial charge in [0.15, 0.2) is 11.0 Å². The number of oxime groups is 1. The van der Waals surface area contributed by atoms with Crippen molar-refractivity contribution in [2.24, 2.45) is 10.9 Å². The number of nitrogens with two attached hydrogens (primary N) is 1. The highest BCUT2D eigenvalue weighted by Gasteiger charge is 2.05. The molecule has 0 radical (unpaired) electrons. The van der Waals surface area contributed by atoms with Crippen LogP contribution in [0.15, 0.2) is 50.3 Å². The molecule has 1 aromatic heterocycles. The van der Waals surface area contributed by atoms with Crippen LogP contribution in [-0.2, 0) is 6.42 Å². The predicted molar refractivity (Wildman–Crippen MR) is 81.9 cm³/mol. The second-order valence-electron chi connectivity index (χ2n) is 4.40. The lowest BCUT2D eigenvalue weighted by atomic mass is 10.2. The van der Waals surface area contributed by atoms with Crippen LogP contribution in [0.4, 0.5) is 0 Å². The number of H-pyrrole nitrogens is 1. The Bertz CT molecular complexity index is 695. The number of amidine groups is 1. The van der Waals surface area contributed by atoms with Crippen LogP contribution in [-0.4, -0.2) is 21.0 Å². The summed E-state index contributed by atoms with van der Waals surface area (Å²) in [6.07, 6.45) is 1.72. The number of hydrogen-bond donors (Lipinski definition) is 3. The quantitative estimate of drug-likeness (QED) is 0.257. The van der Waals surface area contributed by atoms with E-state index in [0.717, 1.165) is 23.4 Å². The van der Waals surface area contributed by atoms with Crippen molar-refractivity contribution >= 4 is 17.6 Å². The third-order valence-electron chi connectivity index (χ3n) is 2.75. The Labute approximate surface area is 126 Å². The standard InChI is InChI=1S/C14H16N4O2S/c1-2-3-10-8-12(19)17-14(16-10)21-11-6-4-9(5-7-11)13(15)18-20/h4-8,20H,2-3H2,1H3,(H2,15,18)(H,16,17,19). The van der Waals surface area contributed by atoms with Crippen LogP contribution in [0.2, 0.25) is 0 Å². The van der Waals surface area contributed by atoms with Crippen LogP contribution < -0.4 is 11.3 Å². The maximum absolute atomic E-state index is 11.6. The monoisotopic (exact) mass is 304 g/mol. The van der Waals surface area contributed by atoms with Gasteiger partial charge in [-0.05, 0) is 18.6 Å². The van der Waals surface area contributed by atoms with Crippen molar-refractivity contribution in [3.63, 3.8) is 0 Å². The molecule has 0 aliphatic carbocycles. The zero-order chi connectivity index (χ0) is 15.2. The summed E-state index contributed by atoms with van der Waals surface area (Å²) in [6.45, 7) is 2.04. The predicted octanol–water partition coefficient (Wildman–Crippen LogP) is 1.97. The van der Waals surface area contributed by atoms with E-state index < -0.39 is 0 Å². The van der Waals surface area contributed by atoms with Gasteiger partial charge in [0.25, 0.3) is 5.56 Å². The average molecular weight is 304 g/mol. The molecule has 0 unspecified atom stereocenters. The zero-order valence-corrected chi connectivity index (χ0v) is 12.4. The summed E-state index contributed by atoms with van der Waals surface area (Å²) in [4.78, 5) is 19.6. The Hall–Kier alpha value is -2.28. The van der Waals surface area contributed by atoms with Gasteiger partial charge in [0.2, 0.25) is 0 Å². The Morgan fingerprint density at radius 1 is 1.43 bits per heavy atom. The van der Waals surface area contributed by atoms with E-state index in [-0.39, 0.29) is 11.4 Å². The van der Waals surface area contributed by atoms with Gasteiger partial charge in [-0.3, -0.25) is 4.79 Å². The van der Waals surface area contributed by atoms with E-state index in [9.17, 15) is 4.79 Å². The van der Waals surface area contributed by atoms with Crippen LogP contribution in [0.3, 0.4) is 0 Å². The van der Waals surface area contributed by atoms with Crippen molar-refractivity contribution in [2.75, 3.05) is 0 Å². The fourth-order valence-corrected chi connectivity index (χ4v) is 2.59. The van der Waals surface area contributed by atoms with Gasteiger partial charge < -0.3 is 15.9 Å². The topological polar surface area (TPSA) is 104 Å². The third-order valence-corrected chi connectivity index (χ3v) is 3.65. The van der Waals surface area contributed by atoms with Crippen LogP contribution >= 0.6 is 11.8 Å². The van der Waals surface area contributed by atoms with Crippen molar-refractivity contribution in [3.8, 4) is 0 Å².